The Morgan fingerprint density at radius 1 is 1.35 bits per heavy atom. The van der Waals surface area contributed by atoms with Gasteiger partial charge in [0, 0.05) is 6.42 Å². The van der Waals surface area contributed by atoms with Gasteiger partial charge in [-0.3, -0.25) is 9.59 Å². The third-order valence-corrected chi connectivity index (χ3v) is 2.05. The molecule has 6 nitrogen and oxygen atoms in total. The monoisotopic (exact) mass is 254 g/mol. The summed E-state index contributed by atoms with van der Waals surface area (Å²) in [5.41, 5.74) is 4.87. The second kappa shape index (κ2) is 10.6. The van der Waals surface area contributed by atoms with Crippen LogP contribution < -0.4 is 40.6 Å². The fourth-order valence-electron chi connectivity index (χ4n) is 1.20. The first-order valence-corrected chi connectivity index (χ1v) is 5.27. The Kier molecular flexibility index (Phi) is 11.7. The zero-order chi connectivity index (χ0) is 12.6. The van der Waals surface area contributed by atoms with Crippen molar-refractivity contribution in [1.29, 1.82) is 0 Å². The van der Waals surface area contributed by atoms with Crippen molar-refractivity contribution in [2.75, 3.05) is 0 Å². The number of primary amides is 1. The van der Waals surface area contributed by atoms with Gasteiger partial charge in [0.1, 0.15) is 6.04 Å². The summed E-state index contributed by atoms with van der Waals surface area (Å²) in [6.45, 7) is 2.01. The molecule has 0 aliphatic rings. The maximum Gasteiger partial charge on any atom is 1.00 e. The number of unbranched alkanes of at least 4 members (excludes halogenated alkanes) is 2. The van der Waals surface area contributed by atoms with E-state index in [1.807, 2.05) is 6.92 Å². The fraction of sp³-hybridized carbons (Fsp3) is 0.700. The number of aliphatic carboxylic acids is 1. The molecule has 0 aromatic carbocycles. The van der Waals surface area contributed by atoms with E-state index in [0.29, 0.717) is 6.42 Å². The molecule has 0 bridgehead atoms. The van der Waals surface area contributed by atoms with Gasteiger partial charge in [-0.15, -0.1) is 0 Å². The average molecular weight is 254 g/mol. The van der Waals surface area contributed by atoms with Crippen LogP contribution in [0, 0.1) is 0 Å². The van der Waals surface area contributed by atoms with Crippen molar-refractivity contribution in [3.63, 3.8) is 0 Å². The molecule has 0 radical (unpaired) electrons. The van der Waals surface area contributed by atoms with Crippen molar-refractivity contribution in [3.05, 3.63) is 0 Å². The van der Waals surface area contributed by atoms with Gasteiger partial charge in [0.05, 0.1) is 6.42 Å². The first-order chi connectivity index (χ1) is 7.47. The van der Waals surface area contributed by atoms with Gasteiger partial charge < -0.3 is 17.6 Å². The number of carbonyl (C=O) groups excluding carboxylic acids is 2. The van der Waals surface area contributed by atoms with Crippen molar-refractivity contribution in [2.45, 2.75) is 45.1 Å². The minimum absolute atomic E-state index is 0. The number of amides is 2. The number of carboxylic acids is 1. The molecule has 17 heavy (non-hydrogen) atoms. The van der Waals surface area contributed by atoms with E-state index in [1.54, 1.807) is 0 Å². The summed E-state index contributed by atoms with van der Waals surface area (Å²) in [7, 11) is 0. The molecule has 0 saturated carbocycles. The molecule has 0 heterocycles. The first kappa shape index (κ1) is 18.8. The molecule has 0 saturated heterocycles. The van der Waals surface area contributed by atoms with Crippen LogP contribution in [0.3, 0.4) is 0 Å². The number of nitrogens with one attached hydrogen (secondary N) is 1. The maximum absolute atomic E-state index is 11.3. The van der Waals surface area contributed by atoms with Crippen LogP contribution in [-0.4, -0.2) is 28.9 Å². The van der Waals surface area contributed by atoms with E-state index in [0.717, 1.165) is 12.8 Å². The third kappa shape index (κ3) is 10.3. The molecule has 0 aromatic rings. The van der Waals surface area contributed by atoms with E-state index in [4.69, 9.17) is 10.8 Å². The molecule has 94 valence electrons. The van der Waals surface area contributed by atoms with E-state index < -0.39 is 17.9 Å². The van der Waals surface area contributed by atoms with Gasteiger partial charge in [0.2, 0.25) is 11.8 Å². The van der Waals surface area contributed by atoms with Crippen LogP contribution in [0.4, 0.5) is 0 Å². The molecule has 2 amide bonds. The van der Waals surface area contributed by atoms with Crippen LogP contribution in [0.15, 0.2) is 0 Å². The Labute approximate surface area is 124 Å². The Bertz CT molecular complexity index is 277. The van der Waals surface area contributed by atoms with E-state index in [1.165, 1.54) is 0 Å². The van der Waals surface area contributed by atoms with Crippen LogP contribution in [0.2, 0.25) is 0 Å². The quantitative estimate of drug-likeness (QED) is 0.319. The van der Waals surface area contributed by atoms with E-state index in [9.17, 15) is 14.4 Å². The van der Waals surface area contributed by atoms with Gasteiger partial charge in [-0.1, -0.05) is 19.8 Å². The fourth-order valence-corrected chi connectivity index (χ4v) is 1.20. The Balaban J connectivity index is -0.00000112. The summed E-state index contributed by atoms with van der Waals surface area (Å²) < 4.78 is 0. The van der Waals surface area contributed by atoms with E-state index in [-0.39, 0.29) is 49.7 Å². The molecule has 0 unspecified atom stereocenters. The van der Waals surface area contributed by atoms with Crippen LogP contribution >= 0.6 is 0 Å². The number of carbonyl (C=O) groups is 3. The predicted molar refractivity (Wildman–Crippen MR) is 58.6 cm³/mol. The molecular formula is C10H19N2NaO4. The molecule has 0 fully saturated rings. The summed E-state index contributed by atoms with van der Waals surface area (Å²) >= 11 is 0. The largest absolute Gasteiger partial charge is 1.00 e. The molecule has 4 N–H and O–H groups in total. The number of rotatable bonds is 8. The van der Waals surface area contributed by atoms with Gasteiger partial charge in [-0.05, 0) is 6.42 Å². The second-order valence-electron chi connectivity index (χ2n) is 3.59. The van der Waals surface area contributed by atoms with Gasteiger partial charge in [0.15, 0.2) is 0 Å². The molecule has 0 rings (SSSR count). The standard InChI is InChI=1S/C10H18N2O4.Na.H/c1-2-3-4-5-9(14)12-7(10(15)16)6-8(11)13;;/h7H,2-6H2,1H3,(H2,11,13)(H,12,14)(H,15,16);;/q;+1;-1/t7-;;/m0../s1. The normalized spacial score (nSPS) is 11.1. The third-order valence-electron chi connectivity index (χ3n) is 2.05. The molecule has 0 spiro atoms. The number of carboxylic acid groups (broad SMARTS) is 1. The van der Waals surface area contributed by atoms with Crippen LogP contribution in [0.1, 0.15) is 40.5 Å². The molecule has 0 aliphatic heterocycles. The molecule has 0 aliphatic carbocycles. The van der Waals surface area contributed by atoms with Crippen molar-refractivity contribution >= 4 is 17.8 Å². The van der Waals surface area contributed by atoms with Crippen LogP contribution in [0.25, 0.3) is 0 Å². The number of hydrogen-bond donors (Lipinski definition) is 3. The summed E-state index contributed by atoms with van der Waals surface area (Å²) in [5, 5.41) is 11.0. The van der Waals surface area contributed by atoms with Gasteiger partial charge in [0.25, 0.3) is 0 Å². The number of hydrogen-bond acceptors (Lipinski definition) is 3. The Morgan fingerprint density at radius 2 is 1.94 bits per heavy atom. The molecular weight excluding hydrogens is 235 g/mol. The zero-order valence-electron chi connectivity index (χ0n) is 11.4. The van der Waals surface area contributed by atoms with Crippen LogP contribution in [0.5, 0.6) is 0 Å². The maximum atomic E-state index is 11.3. The predicted octanol–water partition coefficient (Wildman–Crippen LogP) is -2.87. The summed E-state index contributed by atoms with van der Waals surface area (Å²) in [6, 6.07) is -1.22. The van der Waals surface area contributed by atoms with Gasteiger partial charge in [-0.25, -0.2) is 4.79 Å². The zero-order valence-corrected chi connectivity index (χ0v) is 12.4. The minimum Gasteiger partial charge on any atom is -1.00 e. The summed E-state index contributed by atoms with van der Waals surface area (Å²) in [4.78, 5) is 32.5. The van der Waals surface area contributed by atoms with Crippen LogP contribution in [-0.2, 0) is 14.4 Å². The topological polar surface area (TPSA) is 109 Å². The minimum atomic E-state index is -1.25. The second-order valence-corrected chi connectivity index (χ2v) is 3.59. The average Bonchev–Trinajstić information content (AvgIpc) is 2.16. The summed E-state index contributed by atoms with van der Waals surface area (Å²) in [5.74, 6) is -2.36. The van der Waals surface area contributed by atoms with Crippen molar-refractivity contribution in [3.8, 4) is 0 Å². The Morgan fingerprint density at radius 3 is 2.35 bits per heavy atom. The smallest absolute Gasteiger partial charge is 1.00 e. The van der Waals surface area contributed by atoms with Gasteiger partial charge >= 0.3 is 35.5 Å². The van der Waals surface area contributed by atoms with Crippen molar-refractivity contribution in [2.24, 2.45) is 5.73 Å². The summed E-state index contributed by atoms with van der Waals surface area (Å²) in [6.07, 6.45) is 2.51. The Hall–Kier alpha value is -0.590. The van der Waals surface area contributed by atoms with E-state index >= 15 is 0 Å². The molecule has 1 atom stereocenters. The molecule has 7 heteroatoms. The molecule has 0 aromatic heterocycles. The van der Waals surface area contributed by atoms with Crippen molar-refractivity contribution < 1.29 is 50.5 Å². The SMILES string of the molecule is CCCCCC(=O)N[C@@H](CC(N)=O)C(=O)O.[H-].[Na+]. The van der Waals surface area contributed by atoms with E-state index in [2.05, 4.69) is 5.32 Å². The number of nitrogens with two attached hydrogens (primary N) is 1. The van der Waals surface area contributed by atoms with Crippen molar-refractivity contribution in [1.82, 2.24) is 5.32 Å². The van der Waals surface area contributed by atoms with Gasteiger partial charge in [-0.2, -0.15) is 0 Å². The first-order valence-electron chi connectivity index (χ1n) is 5.27.